The molecule has 2 N–H and O–H groups in total. The summed E-state index contributed by atoms with van der Waals surface area (Å²) in [5.41, 5.74) is 1.28. The summed E-state index contributed by atoms with van der Waals surface area (Å²) in [7, 11) is 0. The molecule has 182 valence electrons. The summed E-state index contributed by atoms with van der Waals surface area (Å²) in [6.45, 7) is 4.29. The smallest absolute Gasteiger partial charge is 0.338 e. The molecule has 2 amide bonds. The Kier molecular flexibility index (Phi) is 11.1. The number of hydrogen-bond donors (Lipinski definition) is 2. The maximum atomic E-state index is 12.1. The molecule has 0 aliphatic rings. The van der Waals surface area contributed by atoms with Crippen LogP contribution in [0.2, 0.25) is 0 Å². The Labute approximate surface area is 198 Å². The number of hydrogen-bond acceptors (Lipinski definition) is 7. The zero-order valence-electron chi connectivity index (χ0n) is 19.4. The van der Waals surface area contributed by atoms with Crippen molar-refractivity contribution in [1.29, 1.82) is 0 Å². The molecule has 0 spiro atoms. The normalized spacial score (nSPS) is 10.2. The molecular weight excluding hydrogens is 440 g/mol. The first-order valence-electron chi connectivity index (χ1n) is 11.2. The van der Waals surface area contributed by atoms with Crippen molar-refractivity contribution in [3.63, 3.8) is 0 Å². The van der Waals surface area contributed by atoms with Crippen LogP contribution in [0.1, 0.15) is 49.9 Å². The van der Waals surface area contributed by atoms with Gasteiger partial charge in [0.25, 0.3) is 5.91 Å². The molecule has 0 radical (unpaired) electrons. The Morgan fingerprint density at radius 3 is 2.26 bits per heavy atom. The maximum Gasteiger partial charge on any atom is 0.338 e. The van der Waals surface area contributed by atoms with E-state index in [1.165, 1.54) is 6.07 Å². The number of anilines is 2. The first-order valence-corrected chi connectivity index (χ1v) is 11.2. The van der Waals surface area contributed by atoms with Crippen LogP contribution >= 0.6 is 0 Å². The van der Waals surface area contributed by atoms with Gasteiger partial charge < -0.3 is 24.8 Å². The highest BCUT2D eigenvalue weighted by molar-refractivity contribution is 5.96. The van der Waals surface area contributed by atoms with Crippen molar-refractivity contribution in [2.75, 3.05) is 30.5 Å². The van der Waals surface area contributed by atoms with Gasteiger partial charge in [-0.3, -0.25) is 14.4 Å². The van der Waals surface area contributed by atoms with E-state index in [1.807, 2.05) is 13.8 Å². The van der Waals surface area contributed by atoms with Gasteiger partial charge >= 0.3 is 11.9 Å². The van der Waals surface area contributed by atoms with Crippen LogP contribution in [-0.2, 0) is 23.9 Å². The average molecular weight is 471 g/mol. The van der Waals surface area contributed by atoms with E-state index in [-0.39, 0.29) is 12.8 Å². The molecule has 0 aliphatic heterocycles. The molecule has 0 saturated carbocycles. The highest BCUT2D eigenvalue weighted by atomic mass is 16.5. The SMILES string of the molecule is CCCCOC(=O)c1cccc(NC(=O)CCC(=O)OCC(=O)Nc2ccc(OCC)cc2)c1. The van der Waals surface area contributed by atoms with Gasteiger partial charge in [0.15, 0.2) is 6.61 Å². The van der Waals surface area contributed by atoms with Crippen LogP contribution in [0.25, 0.3) is 0 Å². The van der Waals surface area contributed by atoms with Gasteiger partial charge in [0.1, 0.15) is 5.75 Å². The molecule has 0 aliphatic carbocycles. The van der Waals surface area contributed by atoms with Gasteiger partial charge in [-0.25, -0.2) is 4.79 Å². The van der Waals surface area contributed by atoms with Gasteiger partial charge in [-0.1, -0.05) is 19.4 Å². The van der Waals surface area contributed by atoms with Crippen molar-refractivity contribution in [2.45, 2.75) is 39.5 Å². The van der Waals surface area contributed by atoms with Crippen LogP contribution in [0.15, 0.2) is 48.5 Å². The first kappa shape index (κ1) is 26.4. The second-order valence-corrected chi connectivity index (χ2v) is 7.28. The Balaban J connectivity index is 1.70. The largest absolute Gasteiger partial charge is 0.494 e. The van der Waals surface area contributed by atoms with Crippen molar-refractivity contribution < 1.29 is 33.4 Å². The van der Waals surface area contributed by atoms with E-state index in [0.717, 1.165) is 12.8 Å². The molecule has 9 nitrogen and oxygen atoms in total. The fourth-order valence-corrected chi connectivity index (χ4v) is 2.77. The summed E-state index contributed by atoms with van der Waals surface area (Å²) >= 11 is 0. The molecule has 0 saturated heterocycles. The third-order valence-electron chi connectivity index (χ3n) is 4.48. The zero-order valence-corrected chi connectivity index (χ0v) is 19.4. The van der Waals surface area contributed by atoms with E-state index in [9.17, 15) is 19.2 Å². The number of benzene rings is 2. The molecule has 9 heteroatoms. The van der Waals surface area contributed by atoms with Crippen molar-refractivity contribution in [2.24, 2.45) is 0 Å². The van der Waals surface area contributed by atoms with Crippen LogP contribution in [0.5, 0.6) is 5.75 Å². The van der Waals surface area contributed by atoms with Gasteiger partial charge in [-0.15, -0.1) is 0 Å². The fraction of sp³-hybridized carbons (Fsp3) is 0.360. The Morgan fingerprint density at radius 1 is 0.824 bits per heavy atom. The number of unbranched alkanes of at least 4 members (excludes halogenated alkanes) is 1. The number of esters is 2. The zero-order chi connectivity index (χ0) is 24.8. The van der Waals surface area contributed by atoms with E-state index < -0.39 is 30.4 Å². The lowest BCUT2D eigenvalue weighted by Gasteiger charge is -2.09. The molecule has 0 fully saturated rings. The number of rotatable bonds is 13. The van der Waals surface area contributed by atoms with E-state index in [1.54, 1.807) is 42.5 Å². The quantitative estimate of drug-likeness (QED) is 0.336. The summed E-state index contributed by atoms with van der Waals surface area (Å²) in [6, 6.07) is 13.1. The lowest BCUT2D eigenvalue weighted by atomic mass is 10.2. The monoisotopic (exact) mass is 470 g/mol. The van der Waals surface area contributed by atoms with E-state index in [0.29, 0.717) is 35.9 Å². The van der Waals surface area contributed by atoms with E-state index in [4.69, 9.17) is 14.2 Å². The Morgan fingerprint density at radius 2 is 1.56 bits per heavy atom. The van der Waals surface area contributed by atoms with Crippen LogP contribution < -0.4 is 15.4 Å². The second kappa shape index (κ2) is 14.3. The standard InChI is InChI=1S/C25H30N2O7/c1-3-5-15-33-25(31)18-7-6-8-20(16-18)27-22(28)13-14-24(30)34-17-23(29)26-19-9-11-21(12-10-19)32-4-2/h6-12,16H,3-5,13-15,17H2,1-2H3,(H,26,29)(H,27,28). The second-order valence-electron chi connectivity index (χ2n) is 7.28. The predicted octanol–water partition coefficient (Wildman–Crippen LogP) is 3.94. The minimum atomic E-state index is -0.676. The minimum Gasteiger partial charge on any atom is -0.494 e. The third kappa shape index (κ3) is 9.72. The molecule has 0 heterocycles. The van der Waals surface area contributed by atoms with Crippen LogP contribution in [0.3, 0.4) is 0 Å². The van der Waals surface area contributed by atoms with Gasteiger partial charge in [-0.05, 0) is 55.8 Å². The van der Waals surface area contributed by atoms with E-state index >= 15 is 0 Å². The van der Waals surface area contributed by atoms with Crippen LogP contribution in [0, 0.1) is 0 Å². The molecule has 0 unspecified atom stereocenters. The van der Waals surface area contributed by atoms with Gasteiger partial charge in [0.05, 0.1) is 25.2 Å². The fourth-order valence-electron chi connectivity index (χ4n) is 2.77. The van der Waals surface area contributed by atoms with Gasteiger partial charge in [0, 0.05) is 17.8 Å². The first-order chi connectivity index (χ1) is 16.4. The lowest BCUT2D eigenvalue weighted by molar-refractivity contribution is -0.147. The maximum absolute atomic E-state index is 12.1. The number of nitrogens with one attached hydrogen (secondary N) is 2. The molecule has 0 atom stereocenters. The number of amides is 2. The van der Waals surface area contributed by atoms with Crippen LogP contribution in [0.4, 0.5) is 11.4 Å². The van der Waals surface area contributed by atoms with Crippen molar-refractivity contribution in [3.05, 3.63) is 54.1 Å². The highest BCUT2D eigenvalue weighted by Gasteiger charge is 2.13. The summed E-state index contributed by atoms with van der Waals surface area (Å²) in [4.78, 5) is 48.0. The molecule has 0 bridgehead atoms. The minimum absolute atomic E-state index is 0.134. The molecule has 2 rings (SSSR count). The molecule has 0 aromatic heterocycles. The van der Waals surface area contributed by atoms with Gasteiger partial charge in [0.2, 0.25) is 5.91 Å². The summed E-state index contributed by atoms with van der Waals surface area (Å²) in [5, 5.41) is 5.23. The van der Waals surface area contributed by atoms with Crippen molar-refractivity contribution in [1.82, 2.24) is 0 Å². The predicted molar refractivity (Wildman–Crippen MR) is 127 cm³/mol. The van der Waals surface area contributed by atoms with Crippen molar-refractivity contribution >= 4 is 35.1 Å². The average Bonchev–Trinajstić information content (AvgIpc) is 2.83. The lowest BCUT2D eigenvalue weighted by Crippen LogP contribution is -2.21. The molecular formula is C25H30N2O7. The number of ether oxygens (including phenoxy) is 3. The summed E-state index contributed by atoms with van der Waals surface area (Å²) in [5.74, 6) is -1.37. The topological polar surface area (TPSA) is 120 Å². The Hall–Kier alpha value is -3.88. The Bertz CT molecular complexity index is 973. The van der Waals surface area contributed by atoms with Crippen molar-refractivity contribution in [3.8, 4) is 5.75 Å². The third-order valence-corrected chi connectivity index (χ3v) is 4.48. The summed E-state index contributed by atoms with van der Waals surface area (Å²) < 4.78 is 15.4. The van der Waals surface area contributed by atoms with E-state index in [2.05, 4.69) is 10.6 Å². The molecule has 2 aromatic carbocycles. The van der Waals surface area contributed by atoms with Crippen LogP contribution in [-0.4, -0.2) is 43.6 Å². The molecule has 34 heavy (non-hydrogen) atoms. The number of carbonyl (C=O) groups is 4. The molecule has 2 aromatic rings. The van der Waals surface area contributed by atoms with Gasteiger partial charge in [-0.2, -0.15) is 0 Å². The highest BCUT2D eigenvalue weighted by Crippen LogP contribution is 2.16. The number of carbonyl (C=O) groups excluding carboxylic acids is 4. The summed E-state index contributed by atoms with van der Waals surface area (Å²) in [6.07, 6.45) is 1.37.